The van der Waals surface area contributed by atoms with Gasteiger partial charge in [-0.05, 0) is 37.9 Å². The number of esters is 1. The van der Waals surface area contributed by atoms with Crippen LogP contribution in [0, 0.1) is 0 Å². The number of hydrogen-bond donors (Lipinski definition) is 0. The zero-order chi connectivity index (χ0) is 13.3. The Labute approximate surface area is 113 Å². The van der Waals surface area contributed by atoms with E-state index in [1.807, 2.05) is 18.2 Å². The highest BCUT2D eigenvalue weighted by Gasteiger charge is 2.46. The Morgan fingerprint density at radius 2 is 2.16 bits per heavy atom. The van der Waals surface area contributed by atoms with E-state index in [-0.39, 0.29) is 11.5 Å². The first-order valence-corrected chi connectivity index (χ1v) is 6.83. The fourth-order valence-corrected chi connectivity index (χ4v) is 3.30. The summed E-state index contributed by atoms with van der Waals surface area (Å²) >= 11 is 0. The predicted octanol–water partition coefficient (Wildman–Crippen LogP) is 2.64. The first-order valence-electron chi connectivity index (χ1n) is 6.83. The smallest absolute Gasteiger partial charge is 0.338 e. The molecule has 2 heterocycles. The molecule has 0 amide bonds. The first kappa shape index (κ1) is 12.4. The molecule has 2 fully saturated rings. The molecule has 0 unspecified atom stereocenters. The standard InChI is InChI=1S/C16H19NO2/c1-13-10-16(8-5-9-17(16)11-13)12-19-15(18)14-6-3-2-4-7-14/h2-4,6-7H,1,5,8-12H2/t16-/m1/s1. The third kappa shape index (κ3) is 2.30. The van der Waals surface area contributed by atoms with E-state index in [2.05, 4.69) is 11.5 Å². The number of carbonyl (C=O) groups is 1. The molecule has 0 aliphatic carbocycles. The molecule has 0 radical (unpaired) electrons. The monoisotopic (exact) mass is 257 g/mol. The summed E-state index contributed by atoms with van der Waals surface area (Å²) in [5.41, 5.74) is 1.91. The maximum absolute atomic E-state index is 12.0. The molecule has 3 heteroatoms. The van der Waals surface area contributed by atoms with E-state index in [1.165, 1.54) is 12.0 Å². The molecule has 0 aromatic heterocycles. The summed E-state index contributed by atoms with van der Waals surface area (Å²) in [5.74, 6) is -0.223. The predicted molar refractivity (Wildman–Crippen MR) is 74.0 cm³/mol. The van der Waals surface area contributed by atoms with Crippen molar-refractivity contribution < 1.29 is 9.53 Å². The van der Waals surface area contributed by atoms with Crippen molar-refractivity contribution in [3.05, 3.63) is 48.0 Å². The molecule has 0 spiro atoms. The Bertz CT molecular complexity index is 497. The lowest BCUT2D eigenvalue weighted by Gasteiger charge is -2.30. The normalized spacial score (nSPS) is 26.4. The summed E-state index contributed by atoms with van der Waals surface area (Å²) in [7, 11) is 0. The topological polar surface area (TPSA) is 29.5 Å². The lowest BCUT2D eigenvalue weighted by molar-refractivity contribution is 0.0251. The summed E-state index contributed by atoms with van der Waals surface area (Å²) in [6.45, 7) is 6.63. The van der Waals surface area contributed by atoms with E-state index in [0.29, 0.717) is 12.2 Å². The van der Waals surface area contributed by atoms with Crippen LogP contribution in [-0.4, -0.2) is 36.1 Å². The van der Waals surface area contributed by atoms with Gasteiger partial charge >= 0.3 is 5.97 Å². The molecule has 1 aromatic carbocycles. The Morgan fingerprint density at radius 1 is 1.37 bits per heavy atom. The van der Waals surface area contributed by atoms with Crippen LogP contribution in [0.3, 0.4) is 0 Å². The summed E-state index contributed by atoms with van der Waals surface area (Å²) in [6.07, 6.45) is 3.26. The molecule has 100 valence electrons. The van der Waals surface area contributed by atoms with Gasteiger partial charge in [-0.3, -0.25) is 4.90 Å². The van der Waals surface area contributed by atoms with Gasteiger partial charge in [0.05, 0.1) is 11.1 Å². The second-order valence-electron chi connectivity index (χ2n) is 5.62. The van der Waals surface area contributed by atoms with Crippen molar-refractivity contribution >= 4 is 5.97 Å². The summed E-state index contributed by atoms with van der Waals surface area (Å²) < 4.78 is 5.54. The first-order chi connectivity index (χ1) is 9.20. The lowest BCUT2D eigenvalue weighted by Crippen LogP contribution is -2.43. The van der Waals surface area contributed by atoms with Gasteiger partial charge in [-0.1, -0.05) is 30.4 Å². The molecular formula is C16H19NO2. The Morgan fingerprint density at radius 3 is 2.95 bits per heavy atom. The van der Waals surface area contributed by atoms with Crippen LogP contribution in [0.25, 0.3) is 0 Å². The lowest BCUT2D eigenvalue weighted by atomic mass is 9.94. The molecular weight excluding hydrogens is 238 g/mol. The number of nitrogens with zero attached hydrogens (tertiary/aromatic N) is 1. The van der Waals surface area contributed by atoms with Crippen molar-refractivity contribution in [3.8, 4) is 0 Å². The van der Waals surface area contributed by atoms with Crippen LogP contribution >= 0.6 is 0 Å². The van der Waals surface area contributed by atoms with Crippen molar-refractivity contribution in [2.24, 2.45) is 0 Å². The quantitative estimate of drug-likeness (QED) is 0.616. The van der Waals surface area contributed by atoms with Gasteiger partial charge in [0.15, 0.2) is 0 Å². The minimum absolute atomic E-state index is 0.0293. The number of benzene rings is 1. The molecule has 0 bridgehead atoms. The van der Waals surface area contributed by atoms with Crippen LogP contribution in [0.1, 0.15) is 29.6 Å². The number of ether oxygens (including phenoxy) is 1. The molecule has 1 atom stereocenters. The third-order valence-electron chi connectivity index (χ3n) is 4.22. The highest BCUT2D eigenvalue weighted by Crippen LogP contribution is 2.40. The highest BCUT2D eigenvalue weighted by molar-refractivity contribution is 5.89. The molecule has 1 aromatic rings. The van der Waals surface area contributed by atoms with Crippen LogP contribution in [0.5, 0.6) is 0 Å². The second kappa shape index (κ2) is 4.82. The zero-order valence-corrected chi connectivity index (χ0v) is 11.1. The SMILES string of the molecule is C=C1CN2CCC[C@]2(COC(=O)c2ccccc2)C1. The molecule has 2 aliphatic heterocycles. The highest BCUT2D eigenvalue weighted by atomic mass is 16.5. The van der Waals surface area contributed by atoms with E-state index >= 15 is 0 Å². The molecule has 0 saturated carbocycles. The molecule has 3 nitrogen and oxygen atoms in total. The van der Waals surface area contributed by atoms with Gasteiger partial charge in [-0.15, -0.1) is 0 Å². The van der Waals surface area contributed by atoms with E-state index in [0.717, 1.165) is 25.9 Å². The fourth-order valence-electron chi connectivity index (χ4n) is 3.30. The van der Waals surface area contributed by atoms with Gasteiger partial charge in [0.2, 0.25) is 0 Å². The average Bonchev–Trinajstić information content (AvgIpc) is 2.93. The zero-order valence-electron chi connectivity index (χ0n) is 11.1. The van der Waals surface area contributed by atoms with Crippen LogP contribution in [-0.2, 0) is 4.74 Å². The van der Waals surface area contributed by atoms with Crippen molar-refractivity contribution in [1.29, 1.82) is 0 Å². The maximum atomic E-state index is 12.0. The summed E-state index contributed by atoms with van der Waals surface area (Å²) in [6, 6.07) is 9.19. The average molecular weight is 257 g/mol. The second-order valence-corrected chi connectivity index (χ2v) is 5.62. The molecule has 2 saturated heterocycles. The molecule has 0 N–H and O–H groups in total. The van der Waals surface area contributed by atoms with E-state index in [1.54, 1.807) is 12.1 Å². The number of hydrogen-bond acceptors (Lipinski definition) is 3. The van der Waals surface area contributed by atoms with Crippen LogP contribution in [0.15, 0.2) is 42.5 Å². The van der Waals surface area contributed by atoms with Gasteiger partial charge in [-0.2, -0.15) is 0 Å². The Hall–Kier alpha value is -1.61. The number of rotatable bonds is 3. The summed E-state index contributed by atoms with van der Waals surface area (Å²) in [5, 5.41) is 0. The van der Waals surface area contributed by atoms with E-state index in [4.69, 9.17) is 4.74 Å². The van der Waals surface area contributed by atoms with Gasteiger partial charge in [0.25, 0.3) is 0 Å². The molecule has 2 aliphatic rings. The molecule has 3 rings (SSSR count). The largest absolute Gasteiger partial charge is 0.460 e. The van der Waals surface area contributed by atoms with E-state index in [9.17, 15) is 4.79 Å². The molecule has 19 heavy (non-hydrogen) atoms. The van der Waals surface area contributed by atoms with Gasteiger partial charge in [0.1, 0.15) is 6.61 Å². The van der Waals surface area contributed by atoms with Crippen LogP contribution in [0.4, 0.5) is 0 Å². The fraction of sp³-hybridized carbons (Fsp3) is 0.438. The van der Waals surface area contributed by atoms with Crippen molar-refractivity contribution in [2.75, 3.05) is 19.7 Å². The summed E-state index contributed by atoms with van der Waals surface area (Å²) in [4.78, 5) is 14.4. The van der Waals surface area contributed by atoms with Gasteiger partial charge in [-0.25, -0.2) is 4.79 Å². The Balaban J connectivity index is 1.66. The number of fused-ring (bicyclic) bond motifs is 1. The van der Waals surface area contributed by atoms with E-state index < -0.39 is 0 Å². The Kier molecular flexibility index (Phi) is 3.15. The van der Waals surface area contributed by atoms with Crippen molar-refractivity contribution in [1.82, 2.24) is 4.90 Å². The van der Waals surface area contributed by atoms with Gasteiger partial charge < -0.3 is 4.74 Å². The van der Waals surface area contributed by atoms with Crippen LogP contribution < -0.4 is 0 Å². The minimum atomic E-state index is -0.223. The van der Waals surface area contributed by atoms with Crippen molar-refractivity contribution in [2.45, 2.75) is 24.8 Å². The van der Waals surface area contributed by atoms with Crippen LogP contribution in [0.2, 0.25) is 0 Å². The maximum Gasteiger partial charge on any atom is 0.338 e. The number of carbonyl (C=O) groups excluding carboxylic acids is 1. The minimum Gasteiger partial charge on any atom is -0.460 e. The van der Waals surface area contributed by atoms with Crippen molar-refractivity contribution in [3.63, 3.8) is 0 Å². The van der Waals surface area contributed by atoms with Gasteiger partial charge in [0, 0.05) is 6.54 Å². The third-order valence-corrected chi connectivity index (χ3v) is 4.22.